The van der Waals surface area contributed by atoms with Crippen LogP contribution in [0, 0.1) is 52.3 Å². The van der Waals surface area contributed by atoms with Gasteiger partial charge in [0.15, 0.2) is 0 Å². The third-order valence-corrected chi connectivity index (χ3v) is 10.8. The summed E-state index contributed by atoms with van der Waals surface area (Å²) in [6.45, 7) is 14.7. The third kappa shape index (κ3) is 3.49. The molecule has 9 atom stereocenters. The lowest BCUT2D eigenvalue weighted by molar-refractivity contribution is -0.212. The summed E-state index contributed by atoms with van der Waals surface area (Å²) in [5.41, 5.74) is 0.579. The standard InChI is InChI=1S/C27H46O2/c1-17(2)18(3)10-11-19(4)20-12-13-21-24-22(14-16-27(20,21)6)26(5)15-8-7-9-23(26)25(28)29-24/h17-24H,7-16H2,1-6H3/t18-,19+,20+,21-,22-,23?,24-,26+,27+/m0/s1. The van der Waals surface area contributed by atoms with E-state index in [1.807, 2.05) is 0 Å². The van der Waals surface area contributed by atoms with Crippen molar-refractivity contribution in [2.45, 2.75) is 112 Å². The summed E-state index contributed by atoms with van der Waals surface area (Å²) in [5.74, 6) is 4.74. The average Bonchev–Trinajstić information content (AvgIpc) is 3.03. The van der Waals surface area contributed by atoms with Crippen LogP contribution in [0.3, 0.4) is 0 Å². The number of carbonyl (C=O) groups excluding carboxylic acids is 1. The number of carbonyl (C=O) groups is 1. The Balaban J connectivity index is 1.50. The lowest BCUT2D eigenvalue weighted by Gasteiger charge is -2.59. The average molecular weight is 403 g/mol. The highest BCUT2D eigenvalue weighted by Gasteiger charge is 2.63. The highest BCUT2D eigenvalue weighted by molar-refractivity contribution is 5.75. The van der Waals surface area contributed by atoms with Gasteiger partial charge >= 0.3 is 5.97 Å². The van der Waals surface area contributed by atoms with Crippen LogP contribution < -0.4 is 0 Å². The fourth-order valence-electron chi connectivity index (χ4n) is 8.38. The second-order valence-electron chi connectivity index (χ2n) is 12.4. The number of rotatable bonds is 5. The van der Waals surface area contributed by atoms with Crippen molar-refractivity contribution in [3.8, 4) is 0 Å². The lowest BCUT2D eigenvalue weighted by Crippen LogP contribution is -2.59. The van der Waals surface area contributed by atoms with E-state index >= 15 is 0 Å². The van der Waals surface area contributed by atoms with Crippen LogP contribution in [0.1, 0.15) is 106 Å². The van der Waals surface area contributed by atoms with Gasteiger partial charge in [0.1, 0.15) is 6.10 Å². The zero-order valence-electron chi connectivity index (χ0n) is 20.0. The number of fused-ring (bicyclic) bond motifs is 5. The summed E-state index contributed by atoms with van der Waals surface area (Å²) in [6, 6.07) is 0. The summed E-state index contributed by atoms with van der Waals surface area (Å²) in [6.07, 6.45) is 13.0. The van der Waals surface area contributed by atoms with Crippen molar-refractivity contribution in [2.24, 2.45) is 52.3 Å². The van der Waals surface area contributed by atoms with Gasteiger partial charge in [-0.05, 0) is 73.0 Å². The Labute approximate surface area is 179 Å². The second-order valence-corrected chi connectivity index (χ2v) is 12.4. The molecule has 3 aliphatic carbocycles. The molecule has 0 radical (unpaired) electrons. The van der Waals surface area contributed by atoms with Crippen molar-refractivity contribution >= 4 is 5.97 Å². The largest absolute Gasteiger partial charge is 0.462 e. The predicted molar refractivity (Wildman–Crippen MR) is 119 cm³/mol. The first-order valence-corrected chi connectivity index (χ1v) is 12.9. The molecule has 3 saturated carbocycles. The Bertz CT molecular complexity index is 612. The highest BCUT2D eigenvalue weighted by Crippen LogP contribution is 2.65. The van der Waals surface area contributed by atoms with E-state index in [0.29, 0.717) is 17.3 Å². The minimum atomic E-state index is 0.153. The quantitative estimate of drug-likeness (QED) is 0.452. The SMILES string of the molecule is CC(C)[C@@H](C)CC[C@@H](C)[C@H]1CC[C@H]2[C@@H]3OC(=O)C4CCCC[C@]4(C)[C@H]3CC[C@]12C. The molecule has 166 valence electrons. The van der Waals surface area contributed by atoms with Gasteiger partial charge in [-0.1, -0.05) is 67.2 Å². The molecule has 0 amide bonds. The van der Waals surface area contributed by atoms with Gasteiger partial charge in [-0.3, -0.25) is 4.79 Å². The third-order valence-electron chi connectivity index (χ3n) is 10.8. The molecule has 0 N–H and O–H groups in total. The molecule has 4 aliphatic rings. The van der Waals surface area contributed by atoms with Crippen molar-refractivity contribution in [1.82, 2.24) is 0 Å². The fraction of sp³-hybridized carbons (Fsp3) is 0.963. The maximum Gasteiger partial charge on any atom is 0.309 e. The zero-order valence-corrected chi connectivity index (χ0v) is 20.0. The van der Waals surface area contributed by atoms with E-state index in [0.717, 1.165) is 30.1 Å². The van der Waals surface area contributed by atoms with Crippen LogP contribution in [0.25, 0.3) is 0 Å². The Morgan fingerprint density at radius 2 is 1.62 bits per heavy atom. The van der Waals surface area contributed by atoms with Gasteiger partial charge in [-0.15, -0.1) is 0 Å². The Hall–Kier alpha value is -0.530. The van der Waals surface area contributed by atoms with E-state index in [4.69, 9.17) is 4.74 Å². The van der Waals surface area contributed by atoms with Crippen LogP contribution in [0.5, 0.6) is 0 Å². The van der Waals surface area contributed by atoms with E-state index in [9.17, 15) is 4.79 Å². The molecule has 0 aromatic heterocycles. The molecular weight excluding hydrogens is 356 g/mol. The van der Waals surface area contributed by atoms with E-state index in [2.05, 4.69) is 41.5 Å². The molecule has 1 saturated heterocycles. The van der Waals surface area contributed by atoms with Crippen molar-refractivity contribution in [3.05, 3.63) is 0 Å². The molecule has 1 heterocycles. The normalized spacial score (nSPS) is 46.4. The van der Waals surface area contributed by atoms with E-state index in [1.165, 1.54) is 57.8 Å². The van der Waals surface area contributed by atoms with Crippen LogP contribution >= 0.6 is 0 Å². The zero-order chi connectivity index (χ0) is 21.0. The van der Waals surface area contributed by atoms with Gasteiger partial charge in [0, 0.05) is 11.8 Å². The van der Waals surface area contributed by atoms with Crippen LogP contribution in [0.2, 0.25) is 0 Å². The molecule has 2 nitrogen and oxygen atoms in total. The maximum atomic E-state index is 13.0. The predicted octanol–water partition coefficient (Wildman–Crippen LogP) is 7.26. The van der Waals surface area contributed by atoms with Crippen molar-refractivity contribution in [2.75, 3.05) is 0 Å². The Morgan fingerprint density at radius 1 is 0.897 bits per heavy atom. The topological polar surface area (TPSA) is 26.3 Å². The molecule has 0 bridgehead atoms. The monoisotopic (exact) mass is 402 g/mol. The number of esters is 1. The molecule has 0 spiro atoms. The van der Waals surface area contributed by atoms with Gasteiger partial charge in [-0.25, -0.2) is 0 Å². The number of hydrogen-bond donors (Lipinski definition) is 0. The molecular formula is C27H46O2. The first-order chi connectivity index (χ1) is 13.7. The molecule has 29 heavy (non-hydrogen) atoms. The maximum absolute atomic E-state index is 13.0. The van der Waals surface area contributed by atoms with E-state index < -0.39 is 0 Å². The molecule has 0 aromatic rings. The molecule has 0 aromatic carbocycles. The van der Waals surface area contributed by atoms with Gasteiger partial charge < -0.3 is 4.74 Å². The van der Waals surface area contributed by atoms with Gasteiger partial charge in [0.25, 0.3) is 0 Å². The first kappa shape index (κ1) is 21.7. The summed E-state index contributed by atoms with van der Waals surface area (Å²) in [7, 11) is 0. The molecule has 1 aliphatic heterocycles. The second kappa shape index (κ2) is 7.86. The highest BCUT2D eigenvalue weighted by atomic mass is 16.5. The Morgan fingerprint density at radius 3 is 2.34 bits per heavy atom. The molecule has 1 unspecified atom stereocenters. The summed E-state index contributed by atoms with van der Waals surface area (Å²) < 4.78 is 6.32. The molecule has 2 heteroatoms. The summed E-state index contributed by atoms with van der Waals surface area (Å²) >= 11 is 0. The van der Waals surface area contributed by atoms with Crippen LogP contribution in [-0.4, -0.2) is 12.1 Å². The first-order valence-electron chi connectivity index (χ1n) is 12.9. The van der Waals surface area contributed by atoms with Crippen molar-refractivity contribution in [1.29, 1.82) is 0 Å². The van der Waals surface area contributed by atoms with Crippen LogP contribution in [0.15, 0.2) is 0 Å². The summed E-state index contributed by atoms with van der Waals surface area (Å²) in [5, 5.41) is 0. The summed E-state index contributed by atoms with van der Waals surface area (Å²) in [4.78, 5) is 13.0. The number of ether oxygens (including phenoxy) is 1. The minimum absolute atomic E-state index is 0.153. The van der Waals surface area contributed by atoms with Crippen molar-refractivity contribution < 1.29 is 9.53 Å². The minimum Gasteiger partial charge on any atom is -0.462 e. The van der Waals surface area contributed by atoms with Crippen molar-refractivity contribution in [3.63, 3.8) is 0 Å². The smallest absolute Gasteiger partial charge is 0.309 e. The van der Waals surface area contributed by atoms with E-state index in [1.54, 1.807) is 0 Å². The van der Waals surface area contributed by atoms with Gasteiger partial charge in [-0.2, -0.15) is 0 Å². The Kier molecular flexibility index (Phi) is 5.88. The van der Waals surface area contributed by atoms with Gasteiger partial charge in [0.2, 0.25) is 0 Å². The van der Waals surface area contributed by atoms with Gasteiger partial charge in [0.05, 0.1) is 5.92 Å². The van der Waals surface area contributed by atoms with E-state index in [-0.39, 0.29) is 23.4 Å². The molecule has 4 rings (SSSR count). The van der Waals surface area contributed by atoms with Crippen LogP contribution in [0.4, 0.5) is 0 Å². The molecule has 4 fully saturated rings. The number of hydrogen-bond acceptors (Lipinski definition) is 2. The van der Waals surface area contributed by atoms with Crippen LogP contribution in [-0.2, 0) is 9.53 Å². The lowest BCUT2D eigenvalue weighted by atomic mass is 9.50. The fourth-order valence-corrected chi connectivity index (χ4v) is 8.38.